The van der Waals surface area contributed by atoms with E-state index in [-0.39, 0.29) is 27.7 Å². The summed E-state index contributed by atoms with van der Waals surface area (Å²) in [6.45, 7) is 6.97. The van der Waals surface area contributed by atoms with Gasteiger partial charge < -0.3 is 5.32 Å². The van der Waals surface area contributed by atoms with Crippen molar-refractivity contribution < 1.29 is 9.59 Å². The molecule has 0 aliphatic heterocycles. The Kier molecular flexibility index (Phi) is 4.50. The number of nitrogens with one attached hydrogen (secondary N) is 1. The molecule has 162 valence electrons. The predicted octanol–water partition coefficient (Wildman–Crippen LogP) is 6.19. The van der Waals surface area contributed by atoms with E-state index < -0.39 is 0 Å². The lowest BCUT2D eigenvalue weighted by molar-refractivity contribution is -0.137. The molecule has 1 N–H and O–H groups in total. The van der Waals surface area contributed by atoms with Gasteiger partial charge in [0.25, 0.3) is 5.91 Å². The monoisotopic (exact) mass is 427 g/mol. The molecular weight excluding hydrogens is 394 g/mol. The number of benzene rings is 1. The Morgan fingerprint density at radius 1 is 1.00 bits per heavy atom. The third kappa shape index (κ3) is 2.83. The molecule has 6 atom stereocenters. The summed E-state index contributed by atoms with van der Waals surface area (Å²) in [5.41, 5.74) is 0.822. The molecule has 3 nitrogen and oxygen atoms in total. The van der Waals surface area contributed by atoms with E-state index in [9.17, 15) is 9.59 Å². The Morgan fingerprint density at radius 2 is 1.70 bits per heavy atom. The molecule has 2 bridgehead atoms. The molecule has 4 aliphatic rings. The molecule has 1 aromatic rings. The average Bonchev–Trinajstić information content (AvgIpc) is 2.85. The molecule has 4 fully saturated rings. The van der Waals surface area contributed by atoms with E-state index in [0.717, 1.165) is 44.9 Å². The van der Waals surface area contributed by atoms with Gasteiger partial charge in [-0.1, -0.05) is 31.9 Å². The first-order valence-electron chi connectivity index (χ1n) is 11.7. The highest BCUT2D eigenvalue weighted by Crippen LogP contribution is 2.71. The van der Waals surface area contributed by atoms with Crippen LogP contribution < -0.4 is 5.32 Å². The summed E-state index contributed by atoms with van der Waals surface area (Å²) in [7, 11) is 0. The molecule has 0 aromatic heterocycles. The van der Waals surface area contributed by atoms with Crippen LogP contribution in [0.25, 0.3) is 0 Å². The normalized spacial score (nSPS) is 44.9. The summed E-state index contributed by atoms with van der Waals surface area (Å²) >= 11 is 6.00. The summed E-state index contributed by atoms with van der Waals surface area (Å²) in [5, 5.41) is 4.11. The first-order valence-corrected chi connectivity index (χ1v) is 12.1. The molecule has 1 spiro atoms. The van der Waals surface area contributed by atoms with Crippen LogP contribution in [0.1, 0.15) is 88.9 Å². The standard InChI is InChI=1S/C26H34ClNO2/c1-23-13-9-20-24(2)11-4-12-25(3,28-22(30)17-5-7-18(27)8-6-17)19(24)10-14-26(20,16-23)15-21(23)29/h5-8,19-20H,4,9-16H2,1-3H3,(H,28,30)/t19-,20-,23-,24+,25+,26-/m0/s1. The van der Waals surface area contributed by atoms with Crippen LogP contribution in [-0.4, -0.2) is 17.2 Å². The van der Waals surface area contributed by atoms with Crippen molar-refractivity contribution in [3.8, 4) is 0 Å². The van der Waals surface area contributed by atoms with Crippen LogP contribution in [0.3, 0.4) is 0 Å². The number of fused-ring (bicyclic) bond motifs is 3. The van der Waals surface area contributed by atoms with Gasteiger partial charge in [-0.3, -0.25) is 9.59 Å². The van der Waals surface area contributed by atoms with E-state index in [1.165, 1.54) is 12.8 Å². The first-order chi connectivity index (χ1) is 14.1. The van der Waals surface area contributed by atoms with Crippen LogP contribution in [0.5, 0.6) is 0 Å². The number of carbonyl (C=O) groups excluding carboxylic acids is 2. The van der Waals surface area contributed by atoms with Gasteiger partial charge in [0.1, 0.15) is 5.78 Å². The highest BCUT2D eigenvalue weighted by atomic mass is 35.5. The predicted molar refractivity (Wildman–Crippen MR) is 120 cm³/mol. The molecule has 4 saturated carbocycles. The zero-order chi connectivity index (χ0) is 21.4. The Labute approximate surface area is 185 Å². The molecule has 5 rings (SSSR count). The fraction of sp³-hybridized carbons (Fsp3) is 0.692. The van der Waals surface area contributed by atoms with Crippen LogP contribution in [0.4, 0.5) is 0 Å². The fourth-order valence-electron chi connectivity index (χ4n) is 8.59. The van der Waals surface area contributed by atoms with E-state index in [0.29, 0.717) is 28.2 Å². The van der Waals surface area contributed by atoms with Crippen LogP contribution >= 0.6 is 11.6 Å². The topological polar surface area (TPSA) is 46.2 Å². The van der Waals surface area contributed by atoms with Crippen molar-refractivity contribution in [2.75, 3.05) is 0 Å². The van der Waals surface area contributed by atoms with E-state index in [2.05, 4.69) is 26.1 Å². The van der Waals surface area contributed by atoms with Crippen molar-refractivity contribution in [3.63, 3.8) is 0 Å². The number of amides is 1. The Bertz CT molecular complexity index is 897. The summed E-state index contributed by atoms with van der Waals surface area (Å²) in [6.07, 6.45) is 9.78. The second-order valence-corrected chi connectivity index (χ2v) is 12.1. The summed E-state index contributed by atoms with van der Waals surface area (Å²) in [5.74, 6) is 1.59. The Morgan fingerprint density at radius 3 is 2.43 bits per heavy atom. The minimum atomic E-state index is -0.200. The smallest absolute Gasteiger partial charge is 0.251 e. The third-order valence-corrected chi connectivity index (χ3v) is 10.1. The number of rotatable bonds is 2. The van der Waals surface area contributed by atoms with E-state index in [1.54, 1.807) is 12.1 Å². The molecule has 0 unspecified atom stereocenters. The average molecular weight is 428 g/mol. The molecule has 1 aromatic carbocycles. The largest absolute Gasteiger partial charge is 0.347 e. The van der Waals surface area contributed by atoms with E-state index >= 15 is 0 Å². The van der Waals surface area contributed by atoms with Crippen molar-refractivity contribution >= 4 is 23.3 Å². The lowest BCUT2D eigenvalue weighted by Gasteiger charge is -2.64. The van der Waals surface area contributed by atoms with Crippen molar-refractivity contribution in [3.05, 3.63) is 34.9 Å². The number of ketones is 1. The van der Waals surface area contributed by atoms with Crippen LogP contribution in [-0.2, 0) is 4.79 Å². The summed E-state index contributed by atoms with van der Waals surface area (Å²) < 4.78 is 0. The van der Waals surface area contributed by atoms with E-state index in [4.69, 9.17) is 11.6 Å². The number of carbonyl (C=O) groups is 2. The molecule has 4 heteroatoms. The Hall–Kier alpha value is -1.35. The zero-order valence-corrected chi connectivity index (χ0v) is 19.3. The van der Waals surface area contributed by atoms with Crippen LogP contribution in [0.2, 0.25) is 5.02 Å². The van der Waals surface area contributed by atoms with Gasteiger partial charge in [0.2, 0.25) is 0 Å². The van der Waals surface area contributed by atoms with E-state index in [1.807, 2.05) is 12.1 Å². The minimum Gasteiger partial charge on any atom is -0.347 e. The second-order valence-electron chi connectivity index (χ2n) is 11.6. The molecule has 4 aliphatic carbocycles. The number of Topliss-reactive ketones (excluding diaryl/α,β-unsaturated/α-hetero) is 1. The third-order valence-electron chi connectivity index (χ3n) is 9.86. The van der Waals surface area contributed by atoms with Gasteiger partial charge in [0, 0.05) is 28.0 Å². The quantitative estimate of drug-likeness (QED) is 0.611. The molecule has 0 heterocycles. The number of halogens is 1. The number of hydrogen-bond donors (Lipinski definition) is 1. The highest BCUT2D eigenvalue weighted by Gasteiger charge is 2.67. The maximum atomic E-state index is 13.1. The van der Waals surface area contributed by atoms with Gasteiger partial charge in [0.15, 0.2) is 0 Å². The molecule has 30 heavy (non-hydrogen) atoms. The van der Waals surface area contributed by atoms with Gasteiger partial charge in [-0.15, -0.1) is 0 Å². The SMILES string of the molecule is C[C@@]12CC[C@@H]3[C@@](CC[C@H]4[C@@]3(C)CCC[C@@]4(C)NC(=O)c3ccc(Cl)cc3)(CC1=O)C2. The first kappa shape index (κ1) is 20.5. The van der Waals surface area contributed by atoms with Gasteiger partial charge in [-0.2, -0.15) is 0 Å². The van der Waals surface area contributed by atoms with Gasteiger partial charge in [-0.05, 0) is 98.8 Å². The van der Waals surface area contributed by atoms with Gasteiger partial charge in [-0.25, -0.2) is 0 Å². The Balaban J connectivity index is 1.43. The maximum absolute atomic E-state index is 13.1. The van der Waals surface area contributed by atoms with Crippen LogP contribution in [0.15, 0.2) is 24.3 Å². The highest BCUT2D eigenvalue weighted by molar-refractivity contribution is 6.30. The van der Waals surface area contributed by atoms with Crippen LogP contribution in [0, 0.1) is 28.1 Å². The minimum absolute atomic E-state index is 0.00552. The fourth-order valence-corrected chi connectivity index (χ4v) is 8.71. The molecular formula is C26H34ClNO2. The van der Waals surface area contributed by atoms with Crippen molar-refractivity contribution in [1.29, 1.82) is 0 Å². The molecule has 0 radical (unpaired) electrons. The zero-order valence-electron chi connectivity index (χ0n) is 18.5. The van der Waals surface area contributed by atoms with Crippen molar-refractivity contribution in [2.45, 2.75) is 84.1 Å². The summed E-state index contributed by atoms with van der Waals surface area (Å²) in [6, 6.07) is 7.19. The second kappa shape index (κ2) is 6.58. The maximum Gasteiger partial charge on any atom is 0.251 e. The van der Waals surface area contributed by atoms with Crippen molar-refractivity contribution in [2.24, 2.45) is 28.1 Å². The van der Waals surface area contributed by atoms with Crippen molar-refractivity contribution in [1.82, 2.24) is 5.32 Å². The van der Waals surface area contributed by atoms with Gasteiger partial charge in [0.05, 0.1) is 0 Å². The molecule has 0 saturated heterocycles. The number of hydrogen-bond acceptors (Lipinski definition) is 2. The lowest BCUT2D eigenvalue weighted by atomic mass is 9.41. The van der Waals surface area contributed by atoms with Gasteiger partial charge >= 0.3 is 0 Å². The summed E-state index contributed by atoms with van der Waals surface area (Å²) in [4.78, 5) is 26.0. The molecule has 1 amide bonds. The lowest BCUT2D eigenvalue weighted by Crippen LogP contribution is -2.64.